The predicted molar refractivity (Wildman–Crippen MR) is 137 cm³/mol. The molecular formula is C27H23ClN2O5. The SMILES string of the molecule is CC(=O)Nc1ccc(NC(=O)COc2c(-c3ccccc3Cl)oc3cc(C)c(C)cc3c2=O)cc1. The van der Waals surface area contributed by atoms with Gasteiger partial charge in [0, 0.05) is 23.9 Å². The number of carbonyl (C=O) groups is 2. The van der Waals surface area contributed by atoms with E-state index in [0.717, 1.165) is 11.1 Å². The molecule has 0 atom stereocenters. The first-order valence-electron chi connectivity index (χ1n) is 10.9. The number of nitrogens with one attached hydrogen (secondary N) is 2. The van der Waals surface area contributed by atoms with Crippen molar-refractivity contribution in [1.29, 1.82) is 0 Å². The van der Waals surface area contributed by atoms with E-state index < -0.39 is 17.9 Å². The van der Waals surface area contributed by atoms with Crippen molar-refractivity contribution in [2.75, 3.05) is 17.2 Å². The molecule has 0 bridgehead atoms. The maximum Gasteiger partial charge on any atom is 0.262 e. The van der Waals surface area contributed by atoms with Crippen molar-refractivity contribution in [3.63, 3.8) is 0 Å². The zero-order chi connectivity index (χ0) is 25.1. The van der Waals surface area contributed by atoms with Crippen LogP contribution in [-0.2, 0) is 9.59 Å². The molecule has 0 aliphatic heterocycles. The van der Waals surface area contributed by atoms with E-state index in [1.165, 1.54) is 6.92 Å². The quantitative estimate of drug-likeness (QED) is 0.361. The van der Waals surface area contributed by atoms with Gasteiger partial charge in [-0.05, 0) is 73.5 Å². The molecule has 178 valence electrons. The van der Waals surface area contributed by atoms with Gasteiger partial charge < -0.3 is 19.8 Å². The van der Waals surface area contributed by atoms with Gasteiger partial charge in [-0.2, -0.15) is 0 Å². The van der Waals surface area contributed by atoms with E-state index in [9.17, 15) is 14.4 Å². The summed E-state index contributed by atoms with van der Waals surface area (Å²) in [5, 5.41) is 6.09. The molecule has 0 aliphatic rings. The Kier molecular flexibility index (Phi) is 6.89. The fourth-order valence-electron chi connectivity index (χ4n) is 3.56. The molecule has 1 heterocycles. The fourth-order valence-corrected chi connectivity index (χ4v) is 3.78. The second-order valence-corrected chi connectivity index (χ2v) is 8.50. The van der Waals surface area contributed by atoms with Crippen molar-refractivity contribution in [3.05, 3.63) is 87.0 Å². The molecule has 7 nitrogen and oxygen atoms in total. The van der Waals surface area contributed by atoms with Crippen molar-refractivity contribution in [3.8, 4) is 17.1 Å². The predicted octanol–water partition coefficient (Wildman–Crippen LogP) is 5.71. The van der Waals surface area contributed by atoms with Crippen LogP contribution in [0.3, 0.4) is 0 Å². The smallest absolute Gasteiger partial charge is 0.262 e. The van der Waals surface area contributed by atoms with Crippen molar-refractivity contribution in [2.45, 2.75) is 20.8 Å². The summed E-state index contributed by atoms with van der Waals surface area (Å²) in [7, 11) is 0. The Balaban J connectivity index is 1.64. The largest absolute Gasteiger partial charge is 0.476 e. The van der Waals surface area contributed by atoms with Crippen LogP contribution >= 0.6 is 11.6 Å². The number of hydrogen-bond acceptors (Lipinski definition) is 5. The summed E-state index contributed by atoms with van der Waals surface area (Å²) >= 11 is 6.38. The summed E-state index contributed by atoms with van der Waals surface area (Å²) in [6.45, 7) is 4.82. The molecule has 0 aliphatic carbocycles. The first-order valence-corrected chi connectivity index (χ1v) is 11.2. The lowest BCUT2D eigenvalue weighted by atomic mass is 10.0. The highest BCUT2D eigenvalue weighted by Gasteiger charge is 2.21. The molecule has 35 heavy (non-hydrogen) atoms. The van der Waals surface area contributed by atoms with Gasteiger partial charge in [0.1, 0.15) is 5.58 Å². The van der Waals surface area contributed by atoms with Gasteiger partial charge in [-0.1, -0.05) is 23.7 Å². The average Bonchev–Trinajstić information content (AvgIpc) is 2.81. The van der Waals surface area contributed by atoms with Crippen molar-refractivity contribution in [1.82, 2.24) is 0 Å². The highest BCUT2D eigenvalue weighted by Crippen LogP contribution is 2.35. The summed E-state index contributed by atoms with van der Waals surface area (Å²) < 4.78 is 11.8. The van der Waals surface area contributed by atoms with Crippen LogP contribution in [0.5, 0.6) is 5.75 Å². The van der Waals surface area contributed by atoms with Gasteiger partial charge >= 0.3 is 0 Å². The number of fused-ring (bicyclic) bond motifs is 1. The molecule has 8 heteroatoms. The van der Waals surface area contributed by atoms with Crippen LogP contribution < -0.4 is 20.8 Å². The van der Waals surface area contributed by atoms with Gasteiger partial charge in [-0.25, -0.2) is 0 Å². The van der Waals surface area contributed by atoms with Crippen LogP contribution in [0, 0.1) is 13.8 Å². The van der Waals surface area contributed by atoms with Crippen LogP contribution in [0.4, 0.5) is 11.4 Å². The summed E-state index contributed by atoms with van der Waals surface area (Å²) in [6, 6.07) is 17.1. The summed E-state index contributed by atoms with van der Waals surface area (Å²) in [5.41, 5.74) is 3.52. The standard InChI is InChI=1S/C27H23ClN2O5/c1-15-12-21-23(13-16(15)2)35-26(20-6-4-5-7-22(20)28)27(25(21)33)34-14-24(32)30-19-10-8-18(9-11-19)29-17(3)31/h4-13H,14H2,1-3H3,(H,29,31)(H,30,32). The second kappa shape index (κ2) is 10.0. The molecule has 2 amide bonds. The third kappa shape index (κ3) is 5.36. The number of carbonyl (C=O) groups excluding carboxylic acids is 2. The lowest BCUT2D eigenvalue weighted by Crippen LogP contribution is -2.22. The van der Waals surface area contributed by atoms with Gasteiger partial charge in [0.15, 0.2) is 12.4 Å². The van der Waals surface area contributed by atoms with Gasteiger partial charge in [-0.15, -0.1) is 0 Å². The van der Waals surface area contributed by atoms with Crippen LogP contribution in [0.25, 0.3) is 22.3 Å². The molecule has 0 fully saturated rings. The molecule has 0 saturated heterocycles. The van der Waals surface area contributed by atoms with E-state index >= 15 is 0 Å². The van der Waals surface area contributed by atoms with Crippen molar-refractivity contribution >= 4 is 45.8 Å². The molecule has 3 aromatic carbocycles. The Morgan fingerprint density at radius 2 is 1.57 bits per heavy atom. The minimum Gasteiger partial charge on any atom is -0.476 e. The minimum absolute atomic E-state index is 0.0926. The normalized spacial score (nSPS) is 10.7. The highest BCUT2D eigenvalue weighted by molar-refractivity contribution is 6.33. The highest BCUT2D eigenvalue weighted by atomic mass is 35.5. The van der Waals surface area contributed by atoms with Crippen LogP contribution in [0.1, 0.15) is 18.1 Å². The lowest BCUT2D eigenvalue weighted by molar-refractivity contribution is -0.118. The molecule has 2 N–H and O–H groups in total. The lowest BCUT2D eigenvalue weighted by Gasteiger charge is -2.13. The number of rotatable bonds is 6. The molecular weight excluding hydrogens is 468 g/mol. The van der Waals surface area contributed by atoms with Crippen LogP contribution in [0.2, 0.25) is 5.02 Å². The topological polar surface area (TPSA) is 97.6 Å². The monoisotopic (exact) mass is 490 g/mol. The fraction of sp³-hybridized carbons (Fsp3) is 0.148. The summed E-state index contributed by atoms with van der Waals surface area (Å²) in [6.07, 6.45) is 0. The van der Waals surface area contributed by atoms with Crippen LogP contribution in [0.15, 0.2) is 69.9 Å². The maximum absolute atomic E-state index is 13.4. The number of benzene rings is 3. The van der Waals surface area contributed by atoms with Gasteiger partial charge in [0.25, 0.3) is 5.91 Å². The van der Waals surface area contributed by atoms with E-state index in [1.54, 1.807) is 60.7 Å². The third-order valence-corrected chi connectivity index (χ3v) is 5.75. The van der Waals surface area contributed by atoms with E-state index in [1.807, 2.05) is 13.8 Å². The van der Waals surface area contributed by atoms with Crippen LogP contribution in [-0.4, -0.2) is 18.4 Å². The molecule has 4 rings (SSSR count). The summed E-state index contributed by atoms with van der Waals surface area (Å²) in [4.78, 5) is 37.1. The minimum atomic E-state index is -0.470. The number of ether oxygens (including phenoxy) is 1. The second-order valence-electron chi connectivity index (χ2n) is 8.10. The Labute approximate surface area is 206 Å². The molecule has 0 unspecified atom stereocenters. The van der Waals surface area contributed by atoms with Gasteiger partial charge in [0.05, 0.1) is 10.4 Å². The number of hydrogen-bond donors (Lipinski definition) is 2. The summed E-state index contributed by atoms with van der Waals surface area (Å²) in [5.74, 6) is -0.597. The molecule has 0 saturated carbocycles. The average molecular weight is 491 g/mol. The zero-order valence-corrected chi connectivity index (χ0v) is 20.2. The first-order chi connectivity index (χ1) is 16.7. The van der Waals surface area contributed by atoms with E-state index in [-0.39, 0.29) is 17.4 Å². The Hall–Kier alpha value is -4.10. The number of amides is 2. The molecule has 0 radical (unpaired) electrons. The van der Waals surface area contributed by atoms with E-state index in [0.29, 0.717) is 32.9 Å². The Morgan fingerprint density at radius 1 is 0.943 bits per heavy atom. The number of halogens is 1. The Morgan fingerprint density at radius 3 is 2.23 bits per heavy atom. The zero-order valence-electron chi connectivity index (χ0n) is 19.4. The van der Waals surface area contributed by atoms with Gasteiger partial charge in [-0.3, -0.25) is 14.4 Å². The number of anilines is 2. The van der Waals surface area contributed by atoms with E-state index in [4.69, 9.17) is 20.8 Å². The van der Waals surface area contributed by atoms with Crippen molar-refractivity contribution in [2.24, 2.45) is 0 Å². The van der Waals surface area contributed by atoms with E-state index in [2.05, 4.69) is 10.6 Å². The molecule has 4 aromatic rings. The first kappa shape index (κ1) is 24.0. The molecule has 1 aromatic heterocycles. The van der Waals surface area contributed by atoms with Crippen molar-refractivity contribution < 1.29 is 18.7 Å². The maximum atomic E-state index is 13.4. The van der Waals surface area contributed by atoms with Gasteiger partial charge in [0.2, 0.25) is 17.1 Å². The Bertz CT molecular complexity index is 1490. The number of aryl methyl sites for hydroxylation is 2. The third-order valence-electron chi connectivity index (χ3n) is 5.42. The molecule has 0 spiro atoms.